The van der Waals surface area contributed by atoms with E-state index in [0.29, 0.717) is 11.4 Å². The van der Waals surface area contributed by atoms with Gasteiger partial charge in [0, 0.05) is 5.69 Å². The lowest BCUT2D eigenvalue weighted by molar-refractivity contribution is 0.601. The molecule has 0 saturated heterocycles. The summed E-state index contributed by atoms with van der Waals surface area (Å²) in [6, 6.07) is 14.8. The summed E-state index contributed by atoms with van der Waals surface area (Å²) in [4.78, 5) is 0.224. The average molecular weight is 248 g/mol. The van der Waals surface area contributed by atoms with Gasteiger partial charge in [0.25, 0.3) is 10.0 Å². The van der Waals surface area contributed by atoms with Crippen LogP contribution in [0.25, 0.3) is 0 Å². The van der Waals surface area contributed by atoms with Crippen LogP contribution >= 0.6 is 0 Å². The Balaban J connectivity index is 2.30. The van der Waals surface area contributed by atoms with E-state index in [1.807, 2.05) is 0 Å². The van der Waals surface area contributed by atoms with Gasteiger partial charge in [0.2, 0.25) is 0 Å². The number of nitrogen functional groups attached to an aromatic ring is 1. The third-order valence-corrected chi connectivity index (χ3v) is 3.59. The third-order valence-electron chi connectivity index (χ3n) is 2.19. The number of benzene rings is 2. The van der Waals surface area contributed by atoms with Crippen molar-refractivity contribution in [3.8, 4) is 0 Å². The van der Waals surface area contributed by atoms with Gasteiger partial charge in [0.15, 0.2) is 0 Å². The van der Waals surface area contributed by atoms with Crippen LogP contribution in [0.15, 0.2) is 59.5 Å². The topological polar surface area (TPSA) is 72.2 Å². The summed E-state index contributed by atoms with van der Waals surface area (Å²) in [5.74, 6) is 0. The summed E-state index contributed by atoms with van der Waals surface area (Å²) in [5, 5.41) is 0. The van der Waals surface area contributed by atoms with Crippen LogP contribution in [0.3, 0.4) is 0 Å². The molecule has 2 aromatic rings. The molecule has 0 saturated carbocycles. The van der Waals surface area contributed by atoms with Crippen LogP contribution in [0.4, 0.5) is 11.4 Å². The Morgan fingerprint density at radius 3 is 2.29 bits per heavy atom. The standard InChI is InChI=1S/C12H12N2O2S/c13-10-5-4-6-11(9-10)14-17(15,16)12-7-2-1-3-8-12/h1-9,14H,13H2. The van der Waals surface area contributed by atoms with Gasteiger partial charge in [0.05, 0.1) is 10.6 Å². The highest BCUT2D eigenvalue weighted by atomic mass is 32.2. The Morgan fingerprint density at radius 2 is 1.65 bits per heavy atom. The fraction of sp³-hybridized carbons (Fsp3) is 0. The summed E-state index contributed by atoms with van der Waals surface area (Å²) in [6.07, 6.45) is 0. The van der Waals surface area contributed by atoms with Crippen LogP contribution in [0.2, 0.25) is 0 Å². The van der Waals surface area contributed by atoms with E-state index in [1.54, 1.807) is 42.5 Å². The van der Waals surface area contributed by atoms with Gasteiger partial charge in [-0.15, -0.1) is 0 Å². The van der Waals surface area contributed by atoms with Crippen LogP contribution in [0.5, 0.6) is 0 Å². The van der Waals surface area contributed by atoms with Crippen LogP contribution in [0, 0.1) is 0 Å². The fourth-order valence-electron chi connectivity index (χ4n) is 1.42. The first-order valence-corrected chi connectivity index (χ1v) is 6.50. The van der Waals surface area contributed by atoms with Crippen LogP contribution in [-0.4, -0.2) is 8.42 Å². The highest BCUT2D eigenvalue weighted by Crippen LogP contribution is 2.17. The van der Waals surface area contributed by atoms with E-state index in [-0.39, 0.29) is 4.90 Å². The van der Waals surface area contributed by atoms with Crippen molar-refractivity contribution < 1.29 is 8.42 Å². The quantitative estimate of drug-likeness (QED) is 0.817. The molecule has 0 aliphatic rings. The highest BCUT2D eigenvalue weighted by molar-refractivity contribution is 7.92. The molecule has 0 fully saturated rings. The second-order valence-corrected chi connectivity index (χ2v) is 5.23. The summed E-state index contributed by atoms with van der Waals surface area (Å²) in [5.41, 5.74) is 6.55. The normalized spacial score (nSPS) is 11.1. The number of hydrogen-bond donors (Lipinski definition) is 2. The smallest absolute Gasteiger partial charge is 0.261 e. The van der Waals surface area contributed by atoms with E-state index in [2.05, 4.69) is 4.72 Å². The number of anilines is 2. The Morgan fingerprint density at radius 1 is 0.941 bits per heavy atom. The van der Waals surface area contributed by atoms with Gasteiger partial charge in [-0.3, -0.25) is 4.72 Å². The lowest BCUT2D eigenvalue weighted by Crippen LogP contribution is -2.12. The minimum absolute atomic E-state index is 0.224. The Kier molecular flexibility index (Phi) is 3.01. The first-order valence-electron chi connectivity index (χ1n) is 5.01. The zero-order valence-corrected chi connectivity index (χ0v) is 9.81. The van der Waals surface area contributed by atoms with Crippen molar-refractivity contribution in [1.82, 2.24) is 0 Å². The van der Waals surface area contributed by atoms with Gasteiger partial charge >= 0.3 is 0 Å². The van der Waals surface area contributed by atoms with Crippen LogP contribution in [-0.2, 0) is 10.0 Å². The Bertz CT molecular complexity index is 609. The molecule has 0 unspecified atom stereocenters. The molecule has 2 aromatic carbocycles. The average Bonchev–Trinajstić information content (AvgIpc) is 2.29. The number of rotatable bonds is 3. The second-order valence-electron chi connectivity index (χ2n) is 3.54. The molecule has 0 spiro atoms. The maximum absolute atomic E-state index is 12.0. The van der Waals surface area contributed by atoms with Crippen molar-refractivity contribution in [3.63, 3.8) is 0 Å². The van der Waals surface area contributed by atoms with Crippen molar-refractivity contribution in [2.75, 3.05) is 10.5 Å². The molecular formula is C12H12N2O2S. The molecule has 0 bridgehead atoms. The molecule has 0 amide bonds. The van der Waals surface area contributed by atoms with Crippen LogP contribution < -0.4 is 10.5 Å². The molecule has 0 aliphatic heterocycles. The predicted octanol–water partition coefficient (Wildman–Crippen LogP) is 2.07. The SMILES string of the molecule is Nc1cccc(NS(=O)(=O)c2ccccc2)c1. The number of hydrogen-bond acceptors (Lipinski definition) is 3. The molecule has 88 valence electrons. The molecule has 0 aromatic heterocycles. The van der Waals surface area contributed by atoms with E-state index in [9.17, 15) is 8.42 Å². The first kappa shape index (κ1) is 11.5. The van der Waals surface area contributed by atoms with Crippen LogP contribution in [0.1, 0.15) is 0 Å². The van der Waals surface area contributed by atoms with Crippen molar-refractivity contribution in [2.24, 2.45) is 0 Å². The zero-order chi connectivity index (χ0) is 12.3. The zero-order valence-electron chi connectivity index (χ0n) is 9.00. The van der Waals surface area contributed by atoms with Crippen molar-refractivity contribution >= 4 is 21.4 Å². The Labute approximate surface area is 100 Å². The molecule has 0 atom stereocenters. The first-order chi connectivity index (χ1) is 8.08. The number of nitrogens with two attached hydrogens (primary N) is 1. The number of sulfonamides is 1. The van der Waals surface area contributed by atoms with E-state index < -0.39 is 10.0 Å². The summed E-state index contributed by atoms with van der Waals surface area (Å²) >= 11 is 0. The molecule has 17 heavy (non-hydrogen) atoms. The molecule has 0 aliphatic carbocycles. The molecule has 2 rings (SSSR count). The minimum Gasteiger partial charge on any atom is -0.399 e. The summed E-state index contributed by atoms with van der Waals surface area (Å²) in [7, 11) is -3.54. The maximum Gasteiger partial charge on any atom is 0.261 e. The van der Waals surface area contributed by atoms with Gasteiger partial charge in [-0.05, 0) is 30.3 Å². The predicted molar refractivity (Wildman–Crippen MR) is 68.1 cm³/mol. The van der Waals surface area contributed by atoms with Crippen molar-refractivity contribution in [3.05, 3.63) is 54.6 Å². The van der Waals surface area contributed by atoms with Gasteiger partial charge in [0.1, 0.15) is 0 Å². The molecule has 3 N–H and O–H groups in total. The van der Waals surface area contributed by atoms with E-state index in [1.165, 1.54) is 12.1 Å². The van der Waals surface area contributed by atoms with E-state index in [4.69, 9.17) is 5.73 Å². The lowest BCUT2D eigenvalue weighted by Gasteiger charge is -2.08. The largest absolute Gasteiger partial charge is 0.399 e. The highest BCUT2D eigenvalue weighted by Gasteiger charge is 2.12. The summed E-state index contributed by atoms with van der Waals surface area (Å²) in [6.45, 7) is 0. The third kappa shape index (κ3) is 2.76. The minimum atomic E-state index is -3.54. The van der Waals surface area contributed by atoms with Crippen molar-refractivity contribution in [1.29, 1.82) is 0 Å². The monoisotopic (exact) mass is 248 g/mol. The van der Waals surface area contributed by atoms with Gasteiger partial charge in [-0.25, -0.2) is 8.42 Å². The number of nitrogens with one attached hydrogen (secondary N) is 1. The Hall–Kier alpha value is -2.01. The van der Waals surface area contributed by atoms with Crippen molar-refractivity contribution in [2.45, 2.75) is 4.90 Å². The van der Waals surface area contributed by atoms with Gasteiger partial charge < -0.3 is 5.73 Å². The van der Waals surface area contributed by atoms with E-state index in [0.717, 1.165) is 0 Å². The molecule has 4 nitrogen and oxygen atoms in total. The molecular weight excluding hydrogens is 236 g/mol. The molecule has 5 heteroatoms. The molecule has 0 radical (unpaired) electrons. The maximum atomic E-state index is 12.0. The van der Waals surface area contributed by atoms with Gasteiger partial charge in [-0.1, -0.05) is 24.3 Å². The summed E-state index contributed by atoms with van der Waals surface area (Å²) < 4.78 is 26.4. The lowest BCUT2D eigenvalue weighted by atomic mass is 10.3. The fourth-order valence-corrected chi connectivity index (χ4v) is 2.49. The van der Waals surface area contributed by atoms with Gasteiger partial charge in [-0.2, -0.15) is 0 Å². The molecule has 0 heterocycles. The van der Waals surface area contributed by atoms with E-state index >= 15 is 0 Å². The second kappa shape index (κ2) is 4.47.